The SMILES string of the molecule is CCCCOc1ccc2cc(S(=O)(=O)N3CCC(C(=O)OC)CC3)ccc2c1. The third-order valence-electron chi connectivity index (χ3n) is 5.18. The number of esters is 1. The summed E-state index contributed by atoms with van der Waals surface area (Å²) >= 11 is 0. The fourth-order valence-corrected chi connectivity index (χ4v) is 4.94. The van der Waals surface area contributed by atoms with Crippen LogP contribution in [0.5, 0.6) is 5.75 Å². The van der Waals surface area contributed by atoms with Crippen LogP contribution in [-0.2, 0) is 19.6 Å². The van der Waals surface area contributed by atoms with Crippen LogP contribution in [0.1, 0.15) is 32.6 Å². The maximum atomic E-state index is 13.0. The van der Waals surface area contributed by atoms with E-state index in [1.54, 1.807) is 12.1 Å². The second-order valence-corrected chi connectivity index (χ2v) is 9.01. The minimum atomic E-state index is -3.59. The molecule has 1 fully saturated rings. The highest BCUT2D eigenvalue weighted by atomic mass is 32.2. The summed E-state index contributed by atoms with van der Waals surface area (Å²) in [7, 11) is -2.23. The van der Waals surface area contributed by atoms with Gasteiger partial charge in [0, 0.05) is 13.1 Å². The molecule has 1 aliphatic heterocycles. The third-order valence-corrected chi connectivity index (χ3v) is 7.07. The number of ether oxygens (including phenoxy) is 2. The van der Waals surface area contributed by atoms with E-state index >= 15 is 0 Å². The van der Waals surface area contributed by atoms with Crippen molar-refractivity contribution in [2.45, 2.75) is 37.5 Å². The molecule has 2 aromatic rings. The van der Waals surface area contributed by atoms with Gasteiger partial charge in [0.1, 0.15) is 5.75 Å². The molecule has 1 saturated heterocycles. The van der Waals surface area contributed by atoms with E-state index in [0.717, 1.165) is 29.4 Å². The van der Waals surface area contributed by atoms with Crippen molar-refractivity contribution >= 4 is 26.8 Å². The van der Waals surface area contributed by atoms with Crippen molar-refractivity contribution in [3.05, 3.63) is 36.4 Å². The van der Waals surface area contributed by atoms with Crippen LogP contribution in [0.15, 0.2) is 41.3 Å². The summed E-state index contributed by atoms with van der Waals surface area (Å²) in [5.41, 5.74) is 0. The summed E-state index contributed by atoms with van der Waals surface area (Å²) in [6, 6.07) is 10.8. The number of carbonyl (C=O) groups is 1. The first-order valence-electron chi connectivity index (χ1n) is 9.70. The summed E-state index contributed by atoms with van der Waals surface area (Å²) in [6.07, 6.45) is 3.05. The summed E-state index contributed by atoms with van der Waals surface area (Å²) in [6.45, 7) is 3.44. The fourth-order valence-electron chi connectivity index (χ4n) is 3.43. The van der Waals surface area contributed by atoms with Gasteiger partial charge in [-0.3, -0.25) is 4.79 Å². The number of methoxy groups -OCH3 is 1. The number of rotatable bonds is 7. The van der Waals surface area contributed by atoms with Crippen molar-refractivity contribution in [2.24, 2.45) is 5.92 Å². The zero-order valence-electron chi connectivity index (χ0n) is 16.4. The van der Waals surface area contributed by atoms with Gasteiger partial charge in [0.05, 0.1) is 24.5 Å². The molecule has 0 aliphatic carbocycles. The fraction of sp³-hybridized carbons (Fsp3) is 0.476. The van der Waals surface area contributed by atoms with Crippen molar-refractivity contribution in [2.75, 3.05) is 26.8 Å². The van der Waals surface area contributed by atoms with Crippen LogP contribution in [0.25, 0.3) is 10.8 Å². The maximum Gasteiger partial charge on any atom is 0.308 e. The Hall–Kier alpha value is -2.12. The molecule has 2 aromatic carbocycles. The Morgan fingerprint density at radius 1 is 1.11 bits per heavy atom. The molecule has 3 rings (SSSR count). The molecule has 28 heavy (non-hydrogen) atoms. The molecule has 0 unspecified atom stereocenters. The smallest absolute Gasteiger partial charge is 0.308 e. The predicted molar refractivity (Wildman–Crippen MR) is 108 cm³/mol. The summed E-state index contributed by atoms with van der Waals surface area (Å²) in [5.74, 6) is 0.306. The van der Waals surface area contributed by atoms with Crippen LogP contribution in [0, 0.1) is 5.92 Å². The molecule has 0 radical (unpaired) electrons. The van der Waals surface area contributed by atoms with Crippen LogP contribution in [-0.4, -0.2) is 45.5 Å². The predicted octanol–water partition coefficient (Wildman–Crippen LogP) is 3.59. The van der Waals surface area contributed by atoms with Crippen molar-refractivity contribution in [3.63, 3.8) is 0 Å². The monoisotopic (exact) mass is 405 g/mol. The Balaban J connectivity index is 1.75. The average molecular weight is 406 g/mol. The van der Waals surface area contributed by atoms with Gasteiger partial charge in [-0.05, 0) is 54.3 Å². The van der Waals surface area contributed by atoms with E-state index in [1.165, 1.54) is 11.4 Å². The molecular weight excluding hydrogens is 378 g/mol. The Labute approximate surface area is 166 Å². The van der Waals surface area contributed by atoms with Gasteiger partial charge >= 0.3 is 5.97 Å². The molecule has 0 atom stereocenters. The van der Waals surface area contributed by atoms with E-state index in [9.17, 15) is 13.2 Å². The molecule has 0 saturated carbocycles. The lowest BCUT2D eigenvalue weighted by Crippen LogP contribution is -2.40. The highest BCUT2D eigenvalue weighted by molar-refractivity contribution is 7.89. The van der Waals surface area contributed by atoms with Crippen LogP contribution in [0.2, 0.25) is 0 Å². The number of hydrogen-bond donors (Lipinski definition) is 0. The summed E-state index contributed by atoms with van der Waals surface area (Å²) in [4.78, 5) is 11.9. The molecule has 0 bridgehead atoms. The van der Waals surface area contributed by atoms with E-state index in [0.29, 0.717) is 32.5 Å². The lowest BCUT2D eigenvalue weighted by atomic mass is 9.99. The largest absolute Gasteiger partial charge is 0.494 e. The highest BCUT2D eigenvalue weighted by Crippen LogP contribution is 2.28. The molecule has 0 amide bonds. The Bertz CT molecular complexity index is 933. The first-order valence-corrected chi connectivity index (χ1v) is 11.1. The summed E-state index contributed by atoms with van der Waals surface area (Å²) in [5, 5.41) is 1.80. The zero-order valence-corrected chi connectivity index (χ0v) is 17.2. The zero-order chi connectivity index (χ0) is 20.1. The lowest BCUT2D eigenvalue weighted by molar-refractivity contribution is -0.146. The van der Waals surface area contributed by atoms with Crippen molar-refractivity contribution in [1.82, 2.24) is 4.31 Å². The Morgan fingerprint density at radius 3 is 2.46 bits per heavy atom. The first kappa shape index (κ1) is 20.6. The molecular formula is C21H27NO5S. The molecule has 0 N–H and O–H groups in total. The number of sulfonamides is 1. The number of fused-ring (bicyclic) bond motifs is 1. The minimum absolute atomic E-state index is 0.223. The standard InChI is InChI=1S/C21H27NO5S/c1-3-4-13-27-19-7-5-18-15-20(8-6-17(18)14-19)28(24,25)22-11-9-16(10-12-22)21(23)26-2/h5-8,14-16H,3-4,9-13H2,1-2H3. The first-order chi connectivity index (χ1) is 13.5. The number of carbonyl (C=O) groups excluding carboxylic acids is 1. The molecule has 7 heteroatoms. The number of hydrogen-bond acceptors (Lipinski definition) is 5. The van der Waals surface area contributed by atoms with E-state index in [-0.39, 0.29) is 16.8 Å². The lowest BCUT2D eigenvalue weighted by Gasteiger charge is -2.29. The molecule has 0 aromatic heterocycles. The Morgan fingerprint density at radius 2 is 1.79 bits per heavy atom. The van der Waals surface area contributed by atoms with Gasteiger partial charge in [-0.2, -0.15) is 4.31 Å². The number of benzene rings is 2. The molecule has 1 aliphatic rings. The second kappa shape index (κ2) is 8.92. The van der Waals surface area contributed by atoms with Crippen LogP contribution in [0.4, 0.5) is 0 Å². The minimum Gasteiger partial charge on any atom is -0.494 e. The van der Waals surface area contributed by atoms with Gasteiger partial charge in [0.15, 0.2) is 0 Å². The van der Waals surface area contributed by atoms with Gasteiger partial charge in [-0.25, -0.2) is 8.42 Å². The van der Waals surface area contributed by atoms with Gasteiger partial charge in [-0.1, -0.05) is 25.5 Å². The molecule has 6 nitrogen and oxygen atoms in total. The third kappa shape index (κ3) is 4.47. The van der Waals surface area contributed by atoms with Crippen LogP contribution < -0.4 is 4.74 Å². The maximum absolute atomic E-state index is 13.0. The van der Waals surface area contributed by atoms with Crippen molar-refractivity contribution < 1.29 is 22.7 Å². The quantitative estimate of drug-likeness (QED) is 0.520. The van der Waals surface area contributed by atoms with E-state index < -0.39 is 10.0 Å². The van der Waals surface area contributed by atoms with Gasteiger partial charge < -0.3 is 9.47 Å². The molecule has 152 valence electrons. The topological polar surface area (TPSA) is 72.9 Å². The summed E-state index contributed by atoms with van der Waals surface area (Å²) < 4.78 is 37.9. The normalized spacial score (nSPS) is 16.2. The number of piperidine rings is 1. The van der Waals surface area contributed by atoms with Crippen LogP contribution in [0.3, 0.4) is 0 Å². The average Bonchev–Trinajstić information content (AvgIpc) is 2.73. The van der Waals surface area contributed by atoms with Crippen molar-refractivity contribution in [1.29, 1.82) is 0 Å². The van der Waals surface area contributed by atoms with Gasteiger partial charge in [0.2, 0.25) is 10.0 Å². The van der Waals surface area contributed by atoms with Gasteiger partial charge in [0.25, 0.3) is 0 Å². The van der Waals surface area contributed by atoms with E-state index in [2.05, 4.69) is 6.92 Å². The van der Waals surface area contributed by atoms with Crippen LogP contribution >= 0.6 is 0 Å². The van der Waals surface area contributed by atoms with Crippen molar-refractivity contribution in [3.8, 4) is 5.75 Å². The molecule has 0 spiro atoms. The Kier molecular flexibility index (Phi) is 6.57. The molecule has 1 heterocycles. The number of unbranched alkanes of at least 4 members (excludes halogenated alkanes) is 1. The second-order valence-electron chi connectivity index (χ2n) is 7.07. The van der Waals surface area contributed by atoms with E-state index in [1.807, 2.05) is 24.3 Å². The highest BCUT2D eigenvalue weighted by Gasteiger charge is 2.32. The van der Waals surface area contributed by atoms with E-state index in [4.69, 9.17) is 9.47 Å². The van der Waals surface area contributed by atoms with Gasteiger partial charge in [-0.15, -0.1) is 0 Å². The number of nitrogens with zero attached hydrogens (tertiary/aromatic N) is 1.